The Bertz CT molecular complexity index is 3010. The van der Waals surface area contributed by atoms with Gasteiger partial charge in [0.15, 0.2) is 5.78 Å². The number of para-hydroxylation sites is 2. The number of hydrogen-bond donors (Lipinski definition) is 0. The standard InChI is InChI=1S/C54H51FN2O8/c55-37-12-9-13-38(34-37)61-30-5-6-31-62-39-22-24-43-41-14-1-3-18-47(41)56(49(43)35-39)28-26-53(59)65-54(60)27-29-57-48-19-4-2-15-42(48)44-25-23-40(36-50(44)57)63-32-7-8-33-64-52-21-11-16-45-46(52)17-10-20-51(45)58/h1-4,9,11-16,18-19,21-25,34-36H,5-8,10,17,20,26-33H2. The molecule has 0 amide bonds. The second kappa shape index (κ2) is 20.1. The number of carbonyl (C=O) groups is 3. The van der Waals surface area contributed by atoms with Crippen LogP contribution in [0.5, 0.6) is 23.0 Å². The van der Waals surface area contributed by atoms with Gasteiger partial charge < -0.3 is 32.8 Å². The molecule has 0 saturated carbocycles. The Morgan fingerprint density at radius 3 is 1.58 bits per heavy atom. The van der Waals surface area contributed by atoms with E-state index in [-0.39, 0.29) is 24.4 Å². The summed E-state index contributed by atoms with van der Waals surface area (Å²) < 4.78 is 47.0. The summed E-state index contributed by atoms with van der Waals surface area (Å²) in [4.78, 5) is 38.7. The number of aromatic nitrogens is 2. The normalized spacial score (nSPS) is 12.5. The Balaban J connectivity index is 0.776. The molecular formula is C54H51FN2O8. The number of esters is 2. The average Bonchev–Trinajstić information content (AvgIpc) is 3.81. The monoisotopic (exact) mass is 874 g/mol. The van der Waals surface area contributed by atoms with Crippen molar-refractivity contribution in [3.63, 3.8) is 0 Å². The van der Waals surface area contributed by atoms with Crippen LogP contribution in [0.25, 0.3) is 43.6 Å². The van der Waals surface area contributed by atoms with E-state index in [4.69, 9.17) is 23.7 Å². The van der Waals surface area contributed by atoms with Crippen LogP contribution in [0.1, 0.15) is 67.3 Å². The summed E-state index contributed by atoms with van der Waals surface area (Å²) in [5, 5.41) is 4.20. The first-order chi connectivity index (χ1) is 31.9. The molecule has 2 heterocycles. The van der Waals surface area contributed by atoms with Crippen LogP contribution >= 0.6 is 0 Å². The molecule has 0 N–H and O–H groups in total. The van der Waals surface area contributed by atoms with E-state index in [2.05, 4.69) is 21.3 Å². The Morgan fingerprint density at radius 1 is 0.508 bits per heavy atom. The van der Waals surface area contributed by atoms with Crippen LogP contribution in [0, 0.1) is 5.82 Å². The van der Waals surface area contributed by atoms with E-state index in [1.54, 1.807) is 12.1 Å². The molecule has 0 unspecified atom stereocenters. The van der Waals surface area contributed by atoms with Gasteiger partial charge in [-0.15, -0.1) is 0 Å². The number of ether oxygens (including phenoxy) is 5. The van der Waals surface area contributed by atoms with Crippen molar-refractivity contribution in [1.29, 1.82) is 0 Å². The lowest BCUT2D eigenvalue weighted by Crippen LogP contribution is -2.16. The first-order valence-electron chi connectivity index (χ1n) is 22.6. The lowest BCUT2D eigenvalue weighted by molar-refractivity contribution is -0.159. The van der Waals surface area contributed by atoms with E-state index in [1.807, 2.05) is 91.0 Å². The van der Waals surface area contributed by atoms with Crippen LogP contribution in [0.15, 0.2) is 127 Å². The number of hydrogen-bond acceptors (Lipinski definition) is 8. The first kappa shape index (κ1) is 43.1. The first-order valence-corrected chi connectivity index (χ1v) is 22.6. The Labute approximate surface area is 376 Å². The summed E-state index contributed by atoms with van der Waals surface area (Å²) in [6.45, 7) is 2.62. The second-order valence-electron chi connectivity index (χ2n) is 16.4. The van der Waals surface area contributed by atoms with Gasteiger partial charge in [0.2, 0.25) is 0 Å². The van der Waals surface area contributed by atoms with Gasteiger partial charge in [-0.25, -0.2) is 4.39 Å². The highest BCUT2D eigenvalue weighted by Gasteiger charge is 2.21. The maximum atomic E-state index is 13.4. The van der Waals surface area contributed by atoms with Gasteiger partial charge in [-0.2, -0.15) is 0 Å². The lowest BCUT2D eigenvalue weighted by Gasteiger charge is -2.18. The zero-order valence-corrected chi connectivity index (χ0v) is 36.3. The summed E-state index contributed by atoms with van der Waals surface area (Å²) in [6.07, 6.45) is 5.44. The number of carbonyl (C=O) groups excluding carboxylic acids is 3. The summed E-state index contributed by atoms with van der Waals surface area (Å²) in [7, 11) is 0. The van der Waals surface area contributed by atoms with Crippen molar-refractivity contribution < 1.29 is 42.5 Å². The van der Waals surface area contributed by atoms with Crippen LogP contribution in [-0.2, 0) is 33.8 Å². The van der Waals surface area contributed by atoms with Crippen molar-refractivity contribution in [3.8, 4) is 23.0 Å². The molecule has 65 heavy (non-hydrogen) atoms. The number of ketones is 1. The van der Waals surface area contributed by atoms with Crippen LogP contribution < -0.4 is 18.9 Å². The molecule has 9 rings (SSSR count). The smallest absolute Gasteiger partial charge is 0.315 e. The molecule has 0 aliphatic heterocycles. The van der Waals surface area contributed by atoms with Crippen molar-refractivity contribution in [2.45, 2.75) is 70.9 Å². The number of nitrogens with zero attached hydrogens (tertiary/aromatic N) is 2. The van der Waals surface area contributed by atoms with Crippen molar-refractivity contribution in [3.05, 3.63) is 144 Å². The van der Waals surface area contributed by atoms with E-state index < -0.39 is 11.9 Å². The van der Waals surface area contributed by atoms with Gasteiger partial charge in [-0.1, -0.05) is 54.6 Å². The zero-order chi connectivity index (χ0) is 44.5. The van der Waals surface area contributed by atoms with Crippen molar-refractivity contribution in [1.82, 2.24) is 9.13 Å². The minimum absolute atomic E-state index is 0.00729. The van der Waals surface area contributed by atoms with Gasteiger partial charge in [0.05, 0.1) is 50.3 Å². The third-order valence-electron chi connectivity index (χ3n) is 12.0. The van der Waals surface area contributed by atoms with Crippen molar-refractivity contribution >= 4 is 61.3 Å². The largest absolute Gasteiger partial charge is 0.494 e. The molecule has 2 aromatic heterocycles. The predicted octanol–water partition coefficient (Wildman–Crippen LogP) is 11.6. The fourth-order valence-electron chi connectivity index (χ4n) is 8.85. The molecule has 8 aromatic rings. The molecule has 11 heteroatoms. The lowest BCUT2D eigenvalue weighted by atomic mass is 9.90. The molecular weight excluding hydrogens is 824 g/mol. The van der Waals surface area contributed by atoms with E-state index in [0.29, 0.717) is 57.4 Å². The number of aryl methyl sites for hydroxylation is 2. The maximum absolute atomic E-state index is 13.4. The number of rotatable bonds is 20. The minimum Gasteiger partial charge on any atom is -0.494 e. The molecule has 0 radical (unpaired) electrons. The fourth-order valence-corrected chi connectivity index (χ4v) is 8.85. The number of fused-ring (bicyclic) bond motifs is 7. The van der Waals surface area contributed by atoms with Gasteiger partial charge in [0.1, 0.15) is 28.8 Å². The number of halogens is 1. The summed E-state index contributed by atoms with van der Waals surface area (Å²) in [6, 6.07) is 39.9. The van der Waals surface area contributed by atoms with Crippen LogP contribution in [0.2, 0.25) is 0 Å². The van der Waals surface area contributed by atoms with Crippen LogP contribution in [0.4, 0.5) is 4.39 Å². The Hall–Kier alpha value is -7.14. The Kier molecular flexibility index (Phi) is 13.4. The molecule has 1 aliphatic carbocycles. The van der Waals surface area contributed by atoms with Crippen molar-refractivity contribution in [2.75, 3.05) is 26.4 Å². The third-order valence-corrected chi connectivity index (χ3v) is 12.0. The van der Waals surface area contributed by atoms with Crippen LogP contribution in [0.3, 0.4) is 0 Å². The van der Waals surface area contributed by atoms with Gasteiger partial charge in [0, 0.05) is 81.4 Å². The molecule has 6 aromatic carbocycles. The molecule has 0 spiro atoms. The SMILES string of the molecule is O=C(CCn1c2ccccc2c2ccc(OCCCCOc3cccc(F)c3)cc21)OC(=O)CCn1c2ccccc2c2ccc(OCCCCOc3cccc4c3CCCC4=O)cc21. The van der Waals surface area contributed by atoms with Gasteiger partial charge in [0.25, 0.3) is 0 Å². The van der Waals surface area contributed by atoms with Gasteiger partial charge >= 0.3 is 11.9 Å². The molecule has 0 saturated heterocycles. The Morgan fingerprint density at radius 2 is 1.02 bits per heavy atom. The van der Waals surface area contributed by atoms with E-state index >= 15 is 0 Å². The molecule has 0 fully saturated rings. The summed E-state index contributed by atoms with van der Waals surface area (Å²) in [5.74, 6) is 1.44. The van der Waals surface area contributed by atoms with E-state index in [1.165, 1.54) is 12.1 Å². The highest BCUT2D eigenvalue weighted by Crippen LogP contribution is 2.34. The fraction of sp³-hybridized carbons (Fsp3) is 0.278. The maximum Gasteiger partial charge on any atom is 0.315 e. The predicted molar refractivity (Wildman–Crippen MR) is 250 cm³/mol. The molecule has 10 nitrogen and oxygen atoms in total. The highest BCUT2D eigenvalue weighted by atomic mass is 19.1. The van der Waals surface area contributed by atoms with E-state index in [9.17, 15) is 18.8 Å². The number of Topliss-reactive ketones (excluding diaryl/α,β-unsaturated/α-hetero) is 1. The molecule has 332 valence electrons. The van der Waals surface area contributed by atoms with Gasteiger partial charge in [-0.05, 0) is 93.1 Å². The number of unbranched alkanes of at least 4 members (excludes halogenated alkanes) is 2. The quantitative estimate of drug-likeness (QED) is 0.0423. The van der Waals surface area contributed by atoms with Gasteiger partial charge in [-0.3, -0.25) is 14.4 Å². The summed E-state index contributed by atoms with van der Waals surface area (Å²) >= 11 is 0. The highest BCUT2D eigenvalue weighted by molar-refractivity contribution is 6.09. The third kappa shape index (κ3) is 9.99. The molecule has 0 bridgehead atoms. The van der Waals surface area contributed by atoms with E-state index in [0.717, 1.165) is 105 Å². The number of benzene rings is 6. The van der Waals surface area contributed by atoms with Crippen LogP contribution in [-0.4, -0.2) is 53.3 Å². The summed E-state index contributed by atoms with van der Waals surface area (Å²) in [5.41, 5.74) is 5.61. The molecule has 0 atom stereocenters. The molecule has 1 aliphatic rings. The minimum atomic E-state index is -0.588. The van der Waals surface area contributed by atoms with Crippen molar-refractivity contribution in [2.24, 2.45) is 0 Å². The second-order valence-corrected chi connectivity index (χ2v) is 16.4. The topological polar surface area (TPSA) is 107 Å². The zero-order valence-electron chi connectivity index (χ0n) is 36.3. The average molecular weight is 875 g/mol.